The van der Waals surface area contributed by atoms with Gasteiger partial charge in [-0.1, -0.05) is 29.3 Å². The maximum atomic E-state index is 8.95. The Bertz CT molecular complexity index is 573. The Morgan fingerprint density at radius 1 is 1.12 bits per heavy atom. The van der Waals surface area contributed by atoms with Crippen LogP contribution < -0.4 is 0 Å². The summed E-state index contributed by atoms with van der Waals surface area (Å²) >= 11 is 11.8. The minimum atomic E-state index is 0.472. The van der Waals surface area contributed by atoms with E-state index in [4.69, 9.17) is 28.5 Å². The second-order valence-corrected chi connectivity index (χ2v) is 3.98. The third-order valence-corrected chi connectivity index (χ3v) is 2.91. The van der Waals surface area contributed by atoms with Crippen LogP contribution in [0.1, 0.15) is 5.56 Å². The zero-order valence-corrected chi connectivity index (χ0v) is 9.63. The molecule has 0 saturated heterocycles. The minimum absolute atomic E-state index is 0.472. The van der Waals surface area contributed by atoms with Crippen LogP contribution >= 0.6 is 23.2 Å². The number of benzene rings is 1. The predicted molar refractivity (Wildman–Crippen MR) is 64.4 cm³/mol. The van der Waals surface area contributed by atoms with E-state index < -0.39 is 0 Å². The SMILES string of the molecule is N#Cc1cnccc1-c1ccc(Cl)c(Cl)c1. The van der Waals surface area contributed by atoms with Crippen molar-refractivity contribution in [1.82, 2.24) is 4.98 Å². The molecular formula is C12H6Cl2N2. The monoisotopic (exact) mass is 248 g/mol. The van der Waals surface area contributed by atoms with E-state index in [1.165, 1.54) is 6.20 Å². The van der Waals surface area contributed by atoms with E-state index in [2.05, 4.69) is 11.1 Å². The minimum Gasteiger partial charge on any atom is -0.263 e. The van der Waals surface area contributed by atoms with Crippen LogP contribution in [0.25, 0.3) is 11.1 Å². The highest BCUT2D eigenvalue weighted by Crippen LogP contribution is 2.29. The van der Waals surface area contributed by atoms with E-state index in [-0.39, 0.29) is 0 Å². The summed E-state index contributed by atoms with van der Waals surface area (Å²) in [6, 6.07) is 9.13. The highest BCUT2D eigenvalue weighted by atomic mass is 35.5. The summed E-state index contributed by atoms with van der Waals surface area (Å²) in [5.41, 5.74) is 2.17. The van der Waals surface area contributed by atoms with Crippen molar-refractivity contribution in [3.8, 4) is 17.2 Å². The van der Waals surface area contributed by atoms with Gasteiger partial charge in [0.15, 0.2) is 0 Å². The van der Waals surface area contributed by atoms with Crippen molar-refractivity contribution in [1.29, 1.82) is 5.26 Å². The first kappa shape index (κ1) is 10.9. The fourth-order valence-electron chi connectivity index (χ4n) is 1.40. The molecule has 0 N–H and O–H groups in total. The van der Waals surface area contributed by atoms with Crippen LogP contribution in [0.5, 0.6) is 0 Å². The highest BCUT2D eigenvalue weighted by Gasteiger charge is 2.06. The van der Waals surface area contributed by atoms with Gasteiger partial charge in [-0.2, -0.15) is 5.26 Å². The molecule has 0 aliphatic carbocycles. The van der Waals surface area contributed by atoms with Crippen molar-refractivity contribution < 1.29 is 0 Å². The summed E-state index contributed by atoms with van der Waals surface area (Å²) in [4.78, 5) is 3.90. The lowest BCUT2D eigenvalue weighted by atomic mass is 10.0. The molecule has 1 aromatic heterocycles. The molecule has 0 bridgehead atoms. The molecule has 0 spiro atoms. The van der Waals surface area contributed by atoms with Gasteiger partial charge in [-0.25, -0.2) is 0 Å². The Labute approximate surface area is 103 Å². The second-order valence-electron chi connectivity index (χ2n) is 3.16. The summed E-state index contributed by atoms with van der Waals surface area (Å²) in [6.45, 7) is 0. The van der Waals surface area contributed by atoms with Gasteiger partial charge in [0.1, 0.15) is 6.07 Å². The molecule has 1 heterocycles. The molecule has 78 valence electrons. The number of aromatic nitrogens is 1. The standard InChI is InChI=1S/C12H6Cl2N2/c13-11-2-1-8(5-12(11)14)10-3-4-16-7-9(10)6-15/h1-5,7H. The molecule has 0 fully saturated rings. The predicted octanol–water partition coefficient (Wildman–Crippen LogP) is 3.93. The fourth-order valence-corrected chi connectivity index (χ4v) is 1.70. The van der Waals surface area contributed by atoms with Gasteiger partial charge in [-0.3, -0.25) is 4.98 Å². The Hall–Kier alpha value is -1.56. The molecule has 0 saturated carbocycles. The van der Waals surface area contributed by atoms with Gasteiger partial charge in [0, 0.05) is 18.0 Å². The Morgan fingerprint density at radius 2 is 1.94 bits per heavy atom. The first-order chi connectivity index (χ1) is 7.72. The van der Waals surface area contributed by atoms with Gasteiger partial charge in [0.05, 0.1) is 15.6 Å². The van der Waals surface area contributed by atoms with E-state index in [1.807, 2.05) is 6.07 Å². The van der Waals surface area contributed by atoms with Gasteiger partial charge >= 0.3 is 0 Å². The lowest BCUT2D eigenvalue weighted by Gasteiger charge is -2.04. The van der Waals surface area contributed by atoms with Gasteiger partial charge in [0.2, 0.25) is 0 Å². The van der Waals surface area contributed by atoms with Crippen molar-refractivity contribution in [2.24, 2.45) is 0 Å². The molecule has 0 aliphatic heterocycles. The van der Waals surface area contributed by atoms with E-state index in [0.717, 1.165) is 11.1 Å². The van der Waals surface area contributed by atoms with Crippen LogP contribution in [0.3, 0.4) is 0 Å². The quantitative estimate of drug-likeness (QED) is 0.767. The van der Waals surface area contributed by atoms with E-state index in [9.17, 15) is 0 Å². The van der Waals surface area contributed by atoms with Crippen LogP contribution in [0.4, 0.5) is 0 Å². The smallest absolute Gasteiger partial charge is 0.101 e. The van der Waals surface area contributed by atoms with Crippen molar-refractivity contribution in [2.45, 2.75) is 0 Å². The molecule has 0 unspecified atom stereocenters. The maximum absolute atomic E-state index is 8.95. The van der Waals surface area contributed by atoms with Crippen LogP contribution in [0.15, 0.2) is 36.7 Å². The Kier molecular flexibility index (Phi) is 3.09. The van der Waals surface area contributed by atoms with Gasteiger partial charge in [-0.05, 0) is 23.8 Å². The van der Waals surface area contributed by atoms with Gasteiger partial charge in [-0.15, -0.1) is 0 Å². The summed E-state index contributed by atoms with van der Waals surface area (Å²) in [5.74, 6) is 0. The van der Waals surface area contributed by atoms with Crippen molar-refractivity contribution in [3.63, 3.8) is 0 Å². The molecule has 2 aromatic rings. The topological polar surface area (TPSA) is 36.7 Å². The van der Waals surface area contributed by atoms with Gasteiger partial charge in [0.25, 0.3) is 0 Å². The molecule has 1 aromatic carbocycles. The van der Waals surface area contributed by atoms with Crippen molar-refractivity contribution >= 4 is 23.2 Å². The van der Waals surface area contributed by atoms with Crippen LogP contribution in [-0.4, -0.2) is 4.98 Å². The van der Waals surface area contributed by atoms with Gasteiger partial charge < -0.3 is 0 Å². The van der Waals surface area contributed by atoms with Crippen molar-refractivity contribution in [2.75, 3.05) is 0 Å². The van der Waals surface area contributed by atoms with Crippen LogP contribution in [-0.2, 0) is 0 Å². The molecular weight excluding hydrogens is 243 g/mol. The van der Waals surface area contributed by atoms with E-state index in [0.29, 0.717) is 15.6 Å². The summed E-state index contributed by atoms with van der Waals surface area (Å²) in [6.07, 6.45) is 3.16. The number of nitriles is 1. The first-order valence-corrected chi connectivity index (χ1v) is 5.27. The summed E-state index contributed by atoms with van der Waals surface area (Å²) in [5, 5.41) is 9.92. The van der Waals surface area contributed by atoms with Crippen LogP contribution in [0, 0.1) is 11.3 Å². The number of nitrogens with zero attached hydrogens (tertiary/aromatic N) is 2. The summed E-state index contributed by atoms with van der Waals surface area (Å²) in [7, 11) is 0. The van der Waals surface area contributed by atoms with Crippen LogP contribution in [0.2, 0.25) is 10.0 Å². The third kappa shape index (κ3) is 2.01. The fraction of sp³-hybridized carbons (Fsp3) is 0. The molecule has 16 heavy (non-hydrogen) atoms. The maximum Gasteiger partial charge on any atom is 0.101 e. The number of hydrogen-bond donors (Lipinski definition) is 0. The molecule has 2 nitrogen and oxygen atoms in total. The Balaban J connectivity index is 2.60. The van der Waals surface area contributed by atoms with E-state index >= 15 is 0 Å². The van der Waals surface area contributed by atoms with E-state index in [1.54, 1.807) is 24.4 Å². The Morgan fingerprint density at radius 3 is 2.62 bits per heavy atom. The molecule has 2 rings (SSSR count). The number of rotatable bonds is 1. The highest BCUT2D eigenvalue weighted by molar-refractivity contribution is 6.42. The molecule has 0 atom stereocenters. The first-order valence-electron chi connectivity index (χ1n) is 4.52. The zero-order valence-electron chi connectivity index (χ0n) is 8.11. The molecule has 4 heteroatoms. The normalized spacial score (nSPS) is 9.81. The average Bonchev–Trinajstić information content (AvgIpc) is 2.32. The molecule has 0 amide bonds. The third-order valence-electron chi connectivity index (χ3n) is 2.17. The summed E-state index contributed by atoms with van der Waals surface area (Å²) < 4.78 is 0. The van der Waals surface area contributed by atoms with Crippen molar-refractivity contribution in [3.05, 3.63) is 52.3 Å². The molecule has 0 radical (unpaired) electrons. The number of hydrogen-bond acceptors (Lipinski definition) is 2. The molecule has 0 aliphatic rings. The largest absolute Gasteiger partial charge is 0.263 e. The lowest BCUT2D eigenvalue weighted by molar-refractivity contribution is 1.30. The average molecular weight is 249 g/mol. The zero-order chi connectivity index (χ0) is 11.5. The number of halogens is 2. The lowest BCUT2D eigenvalue weighted by Crippen LogP contribution is -1.85. The second kappa shape index (κ2) is 4.52. The number of pyridine rings is 1.